The van der Waals surface area contributed by atoms with Crippen LogP contribution in [-0.2, 0) is 4.79 Å². The molecule has 0 spiro atoms. The molecule has 0 aliphatic heterocycles. The molecule has 0 aliphatic carbocycles. The number of anilines is 1. The molecule has 2 rings (SSSR count). The molecule has 0 bridgehead atoms. The first-order valence-corrected chi connectivity index (χ1v) is 6.96. The van der Waals surface area contributed by atoms with Crippen LogP contribution < -0.4 is 5.32 Å². The average molecular weight is 275 g/mol. The zero-order valence-corrected chi connectivity index (χ0v) is 11.1. The predicted octanol–water partition coefficient (Wildman–Crippen LogP) is 3.95. The van der Waals surface area contributed by atoms with Gasteiger partial charge in [0.05, 0.1) is 0 Å². The number of thioether (sulfide) groups is 1. The molecule has 4 heteroatoms. The van der Waals surface area contributed by atoms with Gasteiger partial charge >= 0.3 is 0 Å². The van der Waals surface area contributed by atoms with Crippen LogP contribution >= 0.6 is 11.8 Å². The highest BCUT2D eigenvalue weighted by Gasteiger charge is 2.05. The maximum absolute atomic E-state index is 13.3. The van der Waals surface area contributed by atoms with E-state index in [-0.39, 0.29) is 11.7 Å². The van der Waals surface area contributed by atoms with Crippen molar-refractivity contribution in [3.8, 4) is 0 Å². The van der Waals surface area contributed by atoms with E-state index in [1.54, 1.807) is 18.2 Å². The molecule has 0 radical (unpaired) electrons. The zero-order valence-electron chi connectivity index (χ0n) is 10.3. The van der Waals surface area contributed by atoms with Gasteiger partial charge in [-0.2, -0.15) is 0 Å². The number of hydrogen-bond acceptors (Lipinski definition) is 2. The van der Waals surface area contributed by atoms with Crippen LogP contribution in [0.3, 0.4) is 0 Å². The van der Waals surface area contributed by atoms with Crippen molar-refractivity contribution in [2.45, 2.75) is 11.3 Å². The van der Waals surface area contributed by atoms with Gasteiger partial charge in [0.2, 0.25) is 5.91 Å². The lowest BCUT2D eigenvalue weighted by atomic mass is 10.3. The van der Waals surface area contributed by atoms with Gasteiger partial charge in [-0.25, -0.2) is 4.39 Å². The first-order valence-electron chi connectivity index (χ1n) is 5.98. The standard InChI is InChI=1S/C15H14FNOS/c16-13-8-4-5-9-14(13)19-11-10-15(18)17-12-6-2-1-3-7-12/h1-9H,10-11H2,(H,17,18). The number of carbonyl (C=O) groups excluding carboxylic acids is 1. The molecule has 19 heavy (non-hydrogen) atoms. The Hall–Kier alpha value is -1.81. The highest BCUT2D eigenvalue weighted by molar-refractivity contribution is 7.99. The topological polar surface area (TPSA) is 29.1 Å². The number of halogens is 1. The second kappa shape index (κ2) is 6.95. The van der Waals surface area contributed by atoms with E-state index in [0.717, 1.165) is 5.69 Å². The van der Waals surface area contributed by atoms with E-state index in [4.69, 9.17) is 0 Å². The molecule has 0 saturated carbocycles. The van der Waals surface area contributed by atoms with Crippen molar-refractivity contribution >= 4 is 23.4 Å². The minimum absolute atomic E-state index is 0.0601. The van der Waals surface area contributed by atoms with Crippen molar-refractivity contribution in [2.75, 3.05) is 11.1 Å². The molecule has 0 heterocycles. The van der Waals surface area contributed by atoms with Gasteiger partial charge in [0.15, 0.2) is 0 Å². The lowest BCUT2D eigenvalue weighted by Gasteiger charge is -2.05. The lowest BCUT2D eigenvalue weighted by molar-refractivity contribution is -0.115. The van der Waals surface area contributed by atoms with E-state index >= 15 is 0 Å². The Bertz CT molecular complexity index is 545. The fourth-order valence-corrected chi connectivity index (χ4v) is 2.45. The van der Waals surface area contributed by atoms with Crippen LogP contribution in [0.4, 0.5) is 10.1 Å². The average Bonchev–Trinajstić information content (AvgIpc) is 2.42. The lowest BCUT2D eigenvalue weighted by Crippen LogP contribution is -2.11. The minimum atomic E-state index is -0.240. The summed E-state index contributed by atoms with van der Waals surface area (Å²) in [4.78, 5) is 12.2. The fraction of sp³-hybridized carbons (Fsp3) is 0.133. The van der Waals surface area contributed by atoms with E-state index in [9.17, 15) is 9.18 Å². The molecule has 0 saturated heterocycles. The maximum atomic E-state index is 13.3. The van der Waals surface area contributed by atoms with E-state index in [0.29, 0.717) is 17.1 Å². The second-order valence-corrected chi connectivity index (χ2v) is 5.08. The van der Waals surface area contributed by atoms with Gasteiger partial charge in [-0.1, -0.05) is 30.3 Å². The molecule has 2 aromatic carbocycles. The summed E-state index contributed by atoms with van der Waals surface area (Å²) in [6.45, 7) is 0. The highest BCUT2D eigenvalue weighted by Crippen LogP contribution is 2.21. The molecule has 0 unspecified atom stereocenters. The van der Waals surface area contributed by atoms with Gasteiger partial charge < -0.3 is 5.32 Å². The Morgan fingerprint density at radius 2 is 1.74 bits per heavy atom. The summed E-state index contributed by atoms with van der Waals surface area (Å²) in [6, 6.07) is 15.9. The molecular weight excluding hydrogens is 261 g/mol. The smallest absolute Gasteiger partial charge is 0.225 e. The van der Waals surface area contributed by atoms with E-state index in [1.165, 1.54) is 17.8 Å². The van der Waals surface area contributed by atoms with Gasteiger partial charge in [0.25, 0.3) is 0 Å². The summed E-state index contributed by atoms with van der Waals surface area (Å²) in [5.41, 5.74) is 0.781. The van der Waals surface area contributed by atoms with Crippen LogP contribution in [0.5, 0.6) is 0 Å². The van der Waals surface area contributed by atoms with Crippen molar-refractivity contribution < 1.29 is 9.18 Å². The van der Waals surface area contributed by atoms with Crippen LogP contribution in [0.15, 0.2) is 59.5 Å². The summed E-state index contributed by atoms with van der Waals surface area (Å²) < 4.78 is 13.3. The largest absolute Gasteiger partial charge is 0.326 e. The van der Waals surface area contributed by atoms with Crippen molar-refractivity contribution in [1.82, 2.24) is 0 Å². The van der Waals surface area contributed by atoms with Crippen LogP contribution in [0.1, 0.15) is 6.42 Å². The summed E-state index contributed by atoms with van der Waals surface area (Å²) >= 11 is 1.35. The Kier molecular flexibility index (Phi) is 4.98. The molecule has 0 aromatic heterocycles. The van der Waals surface area contributed by atoms with E-state index < -0.39 is 0 Å². The van der Waals surface area contributed by atoms with Crippen LogP contribution in [-0.4, -0.2) is 11.7 Å². The minimum Gasteiger partial charge on any atom is -0.326 e. The molecule has 0 fully saturated rings. The number of amides is 1. The summed E-state index contributed by atoms with van der Waals surface area (Å²) in [5, 5.41) is 2.80. The van der Waals surface area contributed by atoms with Crippen LogP contribution in [0, 0.1) is 5.82 Å². The van der Waals surface area contributed by atoms with Gasteiger partial charge in [0, 0.05) is 22.8 Å². The molecule has 1 N–H and O–H groups in total. The van der Waals surface area contributed by atoms with Crippen molar-refractivity contribution in [3.05, 3.63) is 60.4 Å². The third-order valence-electron chi connectivity index (χ3n) is 2.48. The first-order chi connectivity index (χ1) is 9.25. The second-order valence-electron chi connectivity index (χ2n) is 3.94. The number of para-hydroxylation sites is 1. The quantitative estimate of drug-likeness (QED) is 0.837. The molecular formula is C15H14FNOS. The third-order valence-corrected chi connectivity index (χ3v) is 3.53. The van der Waals surface area contributed by atoms with Crippen molar-refractivity contribution in [2.24, 2.45) is 0 Å². The zero-order chi connectivity index (χ0) is 13.5. The fourth-order valence-electron chi connectivity index (χ4n) is 1.56. The van der Waals surface area contributed by atoms with E-state index in [1.807, 2.05) is 30.3 Å². The first kappa shape index (κ1) is 13.6. The predicted molar refractivity (Wildman–Crippen MR) is 76.8 cm³/mol. The summed E-state index contributed by atoms with van der Waals surface area (Å²) in [6.07, 6.45) is 0.355. The van der Waals surface area contributed by atoms with Gasteiger partial charge in [-0.3, -0.25) is 4.79 Å². The molecule has 0 aliphatic rings. The SMILES string of the molecule is O=C(CCSc1ccccc1F)Nc1ccccc1. The van der Waals surface area contributed by atoms with Gasteiger partial charge in [-0.15, -0.1) is 11.8 Å². The molecule has 1 amide bonds. The Morgan fingerprint density at radius 1 is 1.05 bits per heavy atom. The number of carbonyl (C=O) groups is 1. The highest BCUT2D eigenvalue weighted by atomic mass is 32.2. The van der Waals surface area contributed by atoms with Crippen molar-refractivity contribution in [1.29, 1.82) is 0 Å². The van der Waals surface area contributed by atoms with Gasteiger partial charge in [-0.05, 0) is 24.3 Å². The van der Waals surface area contributed by atoms with Crippen LogP contribution in [0.25, 0.3) is 0 Å². The monoisotopic (exact) mass is 275 g/mol. The summed E-state index contributed by atoms with van der Waals surface area (Å²) in [5.74, 6) is 0.255. The van der Waals surface area contributed by atoms with Gasteiger partial charge in [0.1, 0.15) is 5.82 Å². The van der Waals surface area contributed by atoms with E-state index in [2.05, 4.69) is 5.32 Å². The Balaban J connectivity index is 1.77. The number of hydrogen-bond donors (Lipinski definition) is 1. The maximum Gasteiger partial charge on any atom is 0.225 e. The molecule has 98 valence electrons. The number of rotatable bonds is 5. The molecule has 2 nitrogen and oxygen atoms in total. The Morgan fingerprint density at radius 3 is 2.47 bits per heavy atom. The third kappa shape index (κ3) is 4.41. The normalized spacial score (nSPS) is 10.2. The molecule has 0 atom stereocenters. The summed E-state index contributed by atoms with van der Waals surface area (Å²) in [7, 11) is 0. The number of benzene rings is 2. The molecule has 2 aromatic rings. The Labute approximate surface area is 116 Å². The number of nitrogens with one attached hydrogen (secondary N) is 1. The van der Waals surface area contributed by atoms with Crippen molar-refractivity contribution in [3.63, 3.8) is 0 Å². The van der Waals surface area contributed by atoms with Crippen LogP contribution in [0.2, 0.25) is 0 Å².